The van der Waals surface area contributed by atoms with Gasteiger partial charge in [0, 0.05) is 17.9 Å². The largest absolute Gasteiger partial charge is 0.530 e. The van der Waals surface area contributed by atoms with Crippen LogP contribution in [0, 0.1) is 0 Å². The minimum atomic E-state index is -4.28. The first kappa shape index (κ1) is 37.2. The van der Waals surface area contributed by atoms with E-state index in [2.05, 4.69) is 11.9 Å². The van der Waals surface area contributed by atoms with Gasteiger partial charge in [0.1, 0.15) is 31.7 Å². The summed E-state index contributed by atoms with van der Waals surface area (Å²) in [4.78, 5) is 26.3. The molecule has 0 fully saturated rings. The normalized spacial score (nSPS) is 12.6. The summed E-state index contributed by atoms with van der Waals surface area (Å²) in [7, 11) is -4.28. The molecule has 53 heavy (non-hydrogen) atoms. The van der Waals surface area contributed by atoms with Gasteiger partial charge in [-0.3, -0.25) is 9.05 Å². The maximum Gasteiger partial charge on any atom is 0.530 e. The molecule has 0 spiro atoms. The summed E-state index contributed by atoms with van der Waals surface area (Å²) in [5.41, 5.74) is 6.23. The number of rotatable bonds is 17. The van der Waals surface area contributed by atoms with Crippen molar-refractivity contribution in [2.75, 3.05) is 13.2 Å². The molecule has 0 saturated heterocycles. The molecule has 0 radical (unpaired) electrons. The van der Waals surface area contributed by atoms with E-state index in [9.17, 15) is 18.5 Å². The molecule has 0 aliphatic heterocycles. The second-order valence-electron chi connectivity index (χ2n) is 12.3. The topological polar surface area (TPSA) is 109 Å². The number of benzene rings is 5. The second kappa shape index (κ2) is 17.8. The molecule has 1 amide bonds. The van der Waals surface area contributed by atoms with Crippen molar-refractivity contribution in [2.24, 2.45) is 0 Å². The Hall–Kier alpha value is -5.54. The third kappa shape index (κ3) is 9.67. The molecule has 1 N–H and O–H groups in total. The fraction of sp³-hybridized carbons (Fsp3) is 0.190. The van der Waals surface area contributed by atoms with Crippen molar-refractivity contribution in [1.82, 2.24) is 5.32 Å². The first-order valence-electron chi connectivity index (χ1n) is 17.1. The summed E-state index contributed by atoms with van der Waals surface area (Å²) in [6.45, 7) is 2.40. The van der Waals surface area contributed by atoms with Gasteiger partial charge in [-0.2, -0.15) is 0 Å². The van der Waals surface area contributed by atoms with Gasteiger partial charge >= 0.3 is 19.9 Å². The standard InChI is InChI=1S/C42H39FNO8P/c1-2-23-48-41(45)39(44-42(46)49-29-38-36-19-11-9-17-34(36)35-18-10-12-20-37(35)38)25-32-21-22-40(33(24-32)26-43)52-53(47,50-27-30-13-5-3-6-14-30)51-28-31-15-7-4-8-16-31/h2-22,24,38-39H,1,23,25-29H2,(H,44,46)/t39-/m1/s1. The van der Waals surface area contributed by atoms with Crippen LogP contribution in [0.4, 0.5) is 9.18 Å². The minimum absolute atomic E-state index is 0.0358. The fourth-order valence-corrected chi connectivity index (χ4v) is 7.29. The fourth-order valence-electron chi connectivity index (χ4n) is 6.07. The molecule has 11 heteroatoms. The maximum absolute atomic E-state index is 14.5. The molecule has 1 aliphatic carbocycles. The van der Waals surface area contributed by atoms with Gasteiger partial charge < -0.3 is 19.3 Å². The van der Waals surface area contributed by atoms with Gasteiger partial charge in [0.15, 0.2) is 0 Å². The highest BCUT2D eigenvalue weighted by molar-refractivity contribution is 7.48. The van der Waals surface area contributed by atoms with E-state index in [4.69, 9.17) is 23.0 Å². The molecule has 0 bridgehead atoms. The van der Waals surface area contributed by atoms with Crippen LogP contribution < -0.4 is 9.84 Å². The Bertz CT molecular complexity index is 1980. The molecule has 0 aromatic heterocycles. The number of carbonyl (C=O) groups is 2. The number of alkyl halides is 1. The van der Waals surface area contributed by atoms with Crippen molar-refractivity contribution in [2.45, 2.75) is 38.3 Å². The Morgan fingerprint density at radius 2 is 1.32 bits per heavy atom. The molecular formula is C42H39FNO8P. The SMILES string of the molecule is C=CCOC(=O)[C@@H](Cc1ccc(OP(=O)(OCc2ccccc2)OCc2ccccc2)c(CF)c1)NC(=O)OCC1c2ccccc2-c2ccccc21. The Balaban J connectivity index is 1.15. The number of carbonyl (C=O) groups excluding carboxylic acids is 2. The number of alkyl carbamates (subject to hydrolysis) is 1. The summed E-state index contributed by atoms with van der Waals surface area (Å²) < 4.78 is 56.6. The molecule has 9 nitrogen and oxygen atoms in total. The minimum Gasteiger partial charge on any atom is -0.460 e. The summed E-state index contributed by atoms with van der Waals surface area (Å²) in [6.07, 6.45) is 0.526. The number of halogens is 1. The van der Waals surface area contributed by atoms with E-state index < -0.39 is 32.6 Å². The smallest absolute Gasteiger partial charge is 0.460 e. The third-order valence-corrected chi connectivity index (χ3v) is 9.96. The second-order valence-corrected chi connectivity index (χ2v) is 13.9. The maximum atomic E-state index is 14.5. The summed E-state index contributed by atoms with van der Waals surface area (Å²) >= 11 is 0. The van der Waals surface area contributed by atoms with Crippen LogP contribution in [0.25, 0.3) is 11.1 Å². The lowest BCUT2D eigenvalue weighted by molar-refractivity contribution is -0.144. The van der Waals surface area contributed by atoms with Crippen LogP contribution in [-0.2, 0) is 54.2 Å². The van der Waals surface area contributed by atoms with E-state index in [1.54, 1.807) is 30.3 Å². The van der Waals surface area contributed by atoms with Crippen LogP contribution in [0.15, 0.2) is 140 Å². The van der Waals surface area contributed by atoms with Crippen LogP contribution in [-0.4, -0.2) is 31.3 Å². The molecule has 0 saturated carbocycles. The highest BCUT2D eigenvalue weighted by Crippen LogP contribution is 2.52. The molecule has 5 aromatic carbocycles. The van der Waals surface area contributed by atoms with E-state index in [-0.39, 0.29) is 50.1 Å². The van der Waals surface area contributed by atoms with Crippen molar-refractivity contribution < 1.29 is 41.6 Å². The predicted molar refractivity (Wildman–Crippen MR) is 199 cm³/mol. The van der Waals surface area contributed by atoms with Gasteiger partial charge in [0.2, 0.25) is 0 Å². The van der Waals surface area contributed by atoms with Crippen LogP contribution in [0.3, 0.4) is 0 Å². The first-order chi connectivity index (χ1) is 25.9. The number of nitrogens with one attached hydrogen (secondary N) is 1. The highest BCUT2D eigenvalue weighted by Gasteiger charge is 2.32. The molecule has 6 rings (SSSR count). The zero-order valence-corrected chi connectivity index (χ0v) is 29.8. The van der Waals surface area contributed by atoms with Crippen molar-refractivity contribution in [1.29, 1.82) is 0 Å². The highest BCUT2D eigenvalue weighted by atomic mass is 31.2. The summed E-state index contributed by atoms with van der Waals surface area (Å²) in [5, 5.41) is 2.62. The van der Waals surface area contributed by atoms with Gasteiger partial charge in [-0.25, -0.2) is 18.5 Å². The molecule has 0 heterocycles. The Morgan fingerprint density at radius 1 is 0.755 bits per heavy atom. The predicted octanol–water partition coefficient (Wildman–Crippen LogP) is 9.26. The van der Waals surface area contributed by atoms with Crippen LogP contribution in [0.2, 0.25) is 0 Å². The number of hydrogen-bond donors (Lipinski definition) is 1. The van der Waals surface area contributed by atoms with Crippen molar-refractivity contribution in [3.05, 3.63) is 173 Å². The summed E-state index contributed by atoms with van der Waals surface area (Å²) in [6, 6.07) is 37.4. The molecule has 5 aromatic rings. The quantitative estimate of drug-likeness (QED) is 0.0572. The number of esters is 1. The molecule has 272 valence electrons. The number of hydrogen-bond acceptors (Lipinski definition) is 8. The van der Waals surface area contributed by atoms with Gasteiger partial charge in [0.05, 0.1) is 13.2 Å². The zero-order chi connectivity index (χ0) is 37.0. The molecule has 0 unspecified atom stereocenters. The number of amides is 1. The van der Waals surface area contributed by atoms with E-state index in [1.165, 1.54) is 18.2 Å². The van der Waals surface area contributed by atoms with Gasteiger partial charge in [-0.1, -0.05) is 128 Å². The monoisotopic (exact) mass is 735 g/mol. The Labute approximate surface area is 307 Å². The molecule has 1 atom stereocenters. The summed E-state index contributed by atoms with van der Waals surface area (Å²) in [5.74, 6) is -0.965. The zero-order valence-electron chi connectivity index (χ0n) is 28.9. The molecule has 1 aliphatic rings. The van der Waals surface area contributed by atoms with Crippen LogP contribution >= 0.6 is 7.82 Å². The van der Waals surface area contributed by atoms with E-state index in [0.29, 0.717) is 5.56 Å². The number of ether oxygens (including phenoxy) is 2. The first-order valence-corrected chi connectivity index (χ1v) is 18.5. The van der Waals surface area contributed by atoms with E-state index in [0.717, 1.165) is 33.4 Å². The Kier molecular flexibility index (Phi) is 12.5. The van der Waals surface area contributed by atoms with Crippen LogP contribution in [0.5, 0.6) is 5.75 Å². The average Bonchev–Trinajstić information content (AvgIpc) is 3.52. The van der Waals surface area contributed by atoms with E-state index in [1.807, 2.05) is 84.9 Å². The van der Waals surface area contributed by atoms with Gasteiger partial charge in [0.25, 0.3) is 0 Å². The lowest BCUT2D eigenvalue weighted by Gasteiger charge is -2.21. The van der Waals surface area contributed by atoms with Crippen molar-refractivity contribution in [3.8, 4) is 16.9 Å². The number of phosphoric acid groups is 1. The number of phosphoric ester groups is 1. The molecular weight excluding hydrogens is 696 g/mol. The van der Waals surface area contributed by atoms with Crippen molar-refractivity contribution in [3.63, 3.8) is 0 Å². The Morgan fingerprint density at radius 3 is 1.89 bits per heavy atom. The van der Waals surface area contributed by atoms with Crippen LogP contribution in [0.1, 0.15) is 39.3 Å². The lowest BCUT2D eigenvalue weighted by atomic mass is 9.98. The van der Waals surface area contributed by atoms with Gasteiger partial charge in [-0.15, -0.1) is 0 Å². The van der Waals surface area contributed by atoms with Crippen molar-refractivity contribution >= 4 is 19.9 Å². The van der Waals surface area contributed by atoms with Gasteiger partial charge in [-0.05, 0) is 51.1 Å². The average molecular weight is 736 g/mol. The number of fused-ring (bicyclic) bond motifs is 3. The van der Waals surface area contributed by atoms with E-state index >= 15 is 0 Å². The lowest BCUT2D eigenvalue weighted by Crippen LogP contribution is -2.44. The third-order valence-electron chi connectivity index (χ3n) is 8.65.